The predicted octanol–water partition coefficient (Wildman–Crippen LogP) is -0.0463. The van der Waals surface area contributed by atoms with Gasteiger partial charge in [0.1, 0.15) is 6.54 Å². The number of hydrogen-bond donors (Lipinski definition) is 1. The summed E-state index contributed by atoms with van der Waals surface area (Å²) >= 11 is 0. The van der Waals surface area contributed by atoms with Gasteiger partial charge in [0.2, 0.25) is 11.8 Å². The minimum absolute atomic E-state index is 0.0281. The maximum absolute atomic E-state index is 12.4. The van der Waals surface area contributed by atoms with Crippen LogP contribution in [0.5, 0.6) is 0 Å². The first-order chi connectivity index (χ1) is 11.5. The van der Waals surface area contributed by atoms with Crippen molar-refractivity contribution in [3.05, 3.63) is 11.9 Å². The summed E-state index contributed by atoms with van der Waals surface area (Å²) in [5.41, 5.74) is 6.91. The lowest BCUT2D eigenvalue weighted by Gasteiger charge is -2.34. The zero-order valence-corrected chi connectivity index (χ0v) is 14.2. The van der Waals surface area contributed by atoms with E-state index in [9.17, 15) is 9.59 Å². The van der Waals surface area contributed by atoms with E-state index in [1.165, 1.54) is 0 Å². The molecule has 3 rings (SSSR count). The molecule has 0 atom stereocenters. The van der Waals surface area contributed by atoms with E-state index < -0.39 is 0 Å². The maximum Gasteiger partial charge on any atom is 0.244 e. The Bertz CT molecular complexity index is 585. The minimum Gasteiger partial charge on any atom is -0.339 e. The number of hydrogen-bond acceptors (Lipinski definition) is 5. The maximum atomic E-state index is 12.4. The second-order valence-corrected chi connectivity index (χ2v) is 6.84. The molecular formula is C16H26N6O2. The monoisotopic (exact) mass is 334 g/mol. The van der Waals surface area contributed by atoms with E-state index in [1.807, 2.05) is 6.20 Å². The van der Waals surface area contributed by atoms with Gasteiger partial charge in [-0.25, -0.2) is 4.68 Å². The topological polar surface area (TPSA) is 97.4 Å². The van der Waals surface area contributed by atoms with Crippen molar-refractivity contribution in [2.75, 3.05) is 26.2 Å². The number of rotatable bonds is 3. The van der Waals surface area contributed by atoms with Gasteiger partial charge in [0.15, 0.2) is 0 Å². The Morgan fingerprint density at radius 2 is 1.75 bits per heavy atom. The average molecular weight is 334 g/mol. The number of nitrogens with two attached hydrogens (primary N) is 1. The van der Waals surface area contributed by atoms with Crippen LogP contribution in [0.25, 0.3) is 0 Å². The molecule has 8 heteroatoms. The zero-order valence-electron chi connectivity index (χ0n) is 14.2. The Kier molecular flexibility index (Phi) is 5.13. The molecule has 2 N–H and O–H groups in total. The van der Waals surface area contributed by atoms with Gasteiger partial charge >= 0.3 is 0 Å². The first kappa shape index (κ1) is 16.9. The fourth-order valence-electron chi connectivity index (χ4n) is 3.50. The molecule has 2 amide bonds. The highest BCUT2D eigenvalue weighted by Crippen LogP contribution is 2.30. The van der Waals surface area contributed by atoms with Crippen LogP contribution in [0.2, 0.25) is 0 Å². The number of nitrogens with zero attached hydrogens (tertiary/aromatic N) is 5. The lowest BCUT2D eigenvalue weighted by molar-refractivity contribution is -0.138. The van der Waals surface area contributed by atoms with Gasteiger partial charge in [0, 0.05) is 51.3 Å². The molecule has 24 heavy (non-hydrogen) atoms. The van der Waals surface area contributed by atoms with Gasteiger partial charge in [-0.05, 0) is 25.7 Å². The van der Waals surface area contributed by atoms with Crippen LogP contribution in [0.4, 0.5) is 0 Å². The molecule has 1 aromatic heterocycles. The number of amides is 2. The van der Waals surface area contributed by atoms with Crippen LogP contribution in [0.3, 0.4) is 0 Å². The molecule has 0 bridgehead atoms. The Balaban J connectivity index is 1.51. The number of carbonyl (C=O) groups excluding carboxylic acids is 2. The number of piperazine rings is 1. The summed E-state index contributed by atoms with van der Waals surface area (Å²) in [7, 11) is 0. The summed E-state index contributed by atoms with van der Waals surface area (Å²) < 4.78 is 1.63. The van der Waals surface area contributed by atoms with Crippen molar-refractivity contribution in [1.82, 2.24) is 24.8 Å². The highest BCUT2D eigenvalue weighted by atomic mass is 16.2. The predicted molar refractivity (Wildman–Crippen MR) is 88.0 cm³/mol. The zero-order chi connectivity index (χ0) is 17.1. The second-order valence-electron chi connectivity index (χ2n) is 6.84. The largest absolute Gasteiger partial charge is 0.339 e. The Morgan fingerprint density at radius 3 is 2.38 bits per heavy atom. The molecule has 0 aromatic carbocycles. The first-order valence-electron chi connectivity index (χ1n) is 8.72. The van der Waals surface area contributed by atoms with Gasteiger partial charge in [-0.1, -0.05) is 5.21 Å². The van der Waals surface area contributed by atoms with Gasteiger partial charge in [-0.2, -0.15) is 0 Å². The van der Waals surface area contributed by atoms with E-state index in [4.69, 9.17) is 5.73 Å². The van der Waals surface area contributed by atoms with Gasteiger partial charge in [0.05, 0.1) is 5.69 Å². The molecule has 0 spiro atoms. The fourth-order valence-corrected chi connectivity index (χ4v) is 3.50. The van der Waals surface area contributed by atoms with E-state index in [-0.39, 0.29) is 18.4 Å². The molecule has 1 aliphatic heterocycles. The highest BCUT2D eigenvalue weighted by molar-refractivity contribution is 5.77. The number of carbonyl (C=O) groups is 2. The Morgan fingerprint density at radius 1 is 1.12 bits per heavy atom. The van der Waals surface area contributed by atoms with Crippen LogP contribution in [0.15, 0.2) is 6.20 Å². The number of aromatic nitrogens is 3. The standard InChI is InChI=1S/C16H26N6O2/c1-12(23)20-6-8-21(9-7-20)16(24)11-22-10-15(18-19-22)13-2-4-14(17)5-3-13/h10,13-14H,2-9,11,17H2,1H3. The van der Waals surface area contributed by atoms with Crippen LogP contribution in [-0.4, -0.2) is 68.8 Å². The van der Waals surface area contributed by atoms with Crippen molar-refractivity contribution in [3.63, 3.8) is 0 Å². The van der Waals surface area contributed by atoms with Gasteiger partial charge < -0.3 is 15.5 Å². The quantitative estimate of drug-likeness (QED) is 0.836. The molecular weight excluding hydrogens is 308 g/mol. The van der Waals surface area contributed by atoms with E-state index in [1.54, 1.807) is 21.4 Å². The van der Waals surface area contributed by atoms with Gasteiger partial charge in [-0.3, -0.25) is 9.59 Å². The van der Waals surface area contributed by atoms with E-state index >= 15 is 0 Å². The molecule has 1 aromatic rings. The fraction of sp³-hybridized carbons (Fsp3) is 0.750. The lowest BCUT2D eigenvalue weighted by Crippen LogP contribution is -2.50. The molecule has 1 saturated heterocycles. The molecule has 2 fully saturated rings. The van der Waals surface area contributed by atoms with Crippen LogP contribution >= 0.6 is 0 Å². The Labute approximate surface area is 142 Å². The molecule has 0 unspecified atom stereocenters. The van der Waals surface area contributed by atoms with Gasteiger partial charge in [0.25, 0.3) is 0 Å². The smallest absolute Gasteiger partial charge is 0.244 e. The van der Waals surface area contributed by atoms with Crippen LogP contribution < -0.4 is 5.73 Å². The van der Waals surface area contributed by atoms with E-state index in [0.29, 0.717) is 38.1 Å². The van der Waals surface area contributed by atoms with E-state index in [2.05, 4.69) is 10.3 Å². The molecule has 0 radical (unpaired) electrons. The van der Waals surface area contributed by atoms with Crippen molar-refractivity contribution in [2.45, 2.75) is 51.1 Å². The third-order valence-corrected chi connectivity index (χ3v) is 5.12. The average Bonchev–Trinajstić information content (AvgIpc) is 3.04. The van der Waals surface area contributed by atoms with Crippen molar-refractivity contribution in [3.8, 4) is 0 Å². The molecule has 2 heterocycles. The second kappa shape index (κ2) is 7.29. The van der Waals surface area contributed by atoms with Crippen molar-refractivity contribution >= 4 is 11.8 Å². The third kappa shape index (κ3) is 3.92. The third-order valence-electron chi connectivity index (χ3n) is 5.12. The van der Waals surface area contributed by atoms with Crippen molar-refractivity contribution in [2.24, 2.45) is 5.73 Å². The van der Waals surface area contributed by atoms with Crippen LogP contribution in [-0.2, 0) is 16.1 Å². The molecule has 1 saturated carbocycles. The van der Waals surface area contributed by atoms with Crippen molar-refractivity contribution in [1.29, 1.82) is 0 Å². The summed E-state index contributed by atoms with van der Waals surface area (Å²) in [6.45, 7) is 4.14. The van der Waals surface area contributed by atoms with Crippen LogP contribution in [0.1, 0.15) is 44.2 Å². The lowest BCUT2D eigenvalue weighted by atomic mass is 9.85. The normalized spacial score (nSPS) is 24.9. The molecule has 8 nitrogen and oxygen atoms in total. The minimum atomic E-state index is 0.0281. The summed E-state index contributed by atoms with van der Waals surface area (Å²) in [6.07, 6.45) is 6.03. The summed E-state index contributed by atoms with van der Waals surface area (Å²) in [5.74, 6) is 0.503. The Hall–Kier alpha value is -1.96. The SMILES string of the molecule is CC(=O)N1CCN(C(=O)Cn2cc(C3CCC(N)CC3)nn2)CC1. The molecule has 1 aliphatic carbocycles. The van der Waals surface area contributed by atoms with Crippen molar-refractivity contribution < 1.29 is 9.59 Å². The van der Waals surface area contributed by atoms with E-state index in [0.717, 1.165) is 31.4 Å². The summed E-state index contributed by atoms with van der Waals surface area (Å²) in [4.78, 5) is 27.3. The van der Waals surface area contributed by atoms with Crippen LogP contribution in [0, 0.1) is 0 Å². The molecule has 2 aliphatic rings. The van der Waals surface area contributed by atoms with Gasteiger partial charge in [-0.15, -0.1) is 5.10 Å². The molecule has 132 valence electrons. The summed E-state index contributed by atoms with van der Waals surface area (Å²) in [5, 5.41) is 8.36. The summed E-state index contributed by atoms with van der Waals surface area (Å²) in [6, 6.07) is 0.312. The first-order valence-corrected chi connectivity index (χ1v) is 8.72. The highest BCUT2D eigenvalue weighted by Gasteiger charge is 2.25.